The number of ether oxygens (including phenoxy) is 1. The lowest BCUT2D eigenvalue weighted by Crippen LogP contribution is -2.36. The first-order valence-electron chi connectivity index (χ1n) is 14.9. The van der Waals surface area contributed by atoms with Gasteiger partial charge in [-0.2, -0.15) is 0 Å². The van der Waals surface area contributed by atoms with Gasteiger partial charge in [0.25, 0.3) is 0 Å². The van der Waals surface area contributed by atoms with Crippen molar-refractivity contribution in [2.24, 2.45) is 17.8 Å². The van der Waals surface area contributed by atoms with Gasteiger partial charge in [-0.05, 0) is 76.2 Å². The smallest absolute Gasteiger partial charge is 0.232 e. The normalized spacial score (nSPS) is 23.4. The largest absolute Gasteiger partial charge is 0.366 e. The summed E-state index contributed by atoms with van der Waals surface area (Å²) in [6.45, 7) is 14.7. The minimum atomic E-state index is -0.137. The van der Waals surface area contributed by atoms with Crippen LogP contribution in [0.5, 0.6) is 0 Å². The highest BCUT2D eigenvalue weighted by Crippen LogP contribution is 2.31. The van der Waals surface area contributed by atoms with E-state index in [-0.39, 0.29) is 26.6 Å². The Kier molecular flexibility index (Phi) is 20.6. The fourth-order valence-electron chi connectivity index (χ4n) is 5.25. The second-order valence-corrected chi connectivity index (χ2v) is 10.1. The molecule has 7 heteroatoms. The summed E-state index contributed by atoms with van der Waals surface area (Å²) in [5.41, 5.74) is 0. The van der Waals surface area contributed by atoms with Crippen molar-refractivity contribution in [2.75, 3.05) is 39.5 Å². The van der Waals surface area contributed by atoms with E-state index in [9.17, 15) is 14.4 Å². The Morgan fingerprint density at radius 1 is 0.946 bits per heavy atom. The number of hydrogen-bond acceptors (Lipinski definition) is 5. The van der Waals surface area contributed by atoms with Crippen LogP contribution in [-0.4, -0.2) is 67.0 Å². The zero-order valence-corrected chi connectivity index (χ0v) is 24.0. The standard InChI is InChI=1S/C25H43N3O4.2C2H6.CH4.H2/c1-20-16-24(30)28(25(20)31)17-21-9-11-22(12-10-21)18-32-19-26-13-5-2-4-8-23(29)27-14-6-3-7-15-27;2*1-2;;/h20-22,26H,2-19H2,1H3;2*1-2H3;1H4;1H. The van der Waals surface area contributed by atoms with Crippen LogP contribution in [-0.2, 0) is 19.1 Å². The summed E-state index contributed by atoms with van der Waals surface area (Å²) in [5, 5.41) is 3.35. The Bertz CT molecular complexity index is 621. The molecule has 220 valence electrons. The minimum absolute atomic E-state index is 0. The molecule has 3 aliphatic rings. The molecule has 0 bridgehead atoms. The summed E-state index contributed by atoms with van der Waals surface area (Å²) in [5.74, 6) is 1.25. The molecule has 1 aliphatic carbocycles. The van der Waals surface area contributed by atoms with Gasteiger partial charge in [0.1, 0.15) is 0 Å². The number of piperidine rings is 1. The Morgan fingerprint density at radius 3 is 2.16 bits per heavy atom. The summed E-state index contributed by atoms with van der Waals surface area (Å²) in [7, 11) is 0. The fourth-order valence-corrected chi connectivity index (χ4v) is 5.25. The van der Waals surface area contributed by atoms with E-state index in [2.05, 4.69) is 5.32 Å². The third-order valence-electron chi connectivity index (χ3n) is 7.39. The lowest BCUT2D eigenvalue weighted by molar-refractivity contribution is -0.140. The molecule has 2 saturated heterocycles. The number of hydrogen-bond donors (Lipinski definition) is 1. The van der Waals surface area contributed by atoms with Gasteiger partial charge in [0.15, 0.2) is 0 Å². The van der Waals surface area contributed by atoms with Gasteiger partial charge < -0.3 is 9.64 Å². The van der Waals surface area contributed by atoms with Gasteiger partial charge in [-0.15, -0.1) is 0 Å². The first-order chi connectivity index (χ1) is 17.5. The van der Waals surface area contributed by atoms with Crippen LogP contribution in [0, 0.1) is 17.8 Å². The van der Waals surface area contributed by atoms with Crippen molar-refractivity contribution < 1.29 is 20.5 Å². The molecule has 0 spiro atoms. The zero-order chi connectivity index (χ0) is 26.8. The van der Waals surface area contributed by atoms with Crippen LogP contribution in [0.4, 0.5) is 0 Å². The molecule has 1 N–H and O–H groups in total. The van der Waals surface area contributed by atoms with Gasteiger partial charge in [0.2, 0.25) is 17.7 Å². The van der Waals surface area contributed by atoms with E-state index in [4.69, 9.17) is 4.74 Å². The van der Waals surface area contributed by atoms with Crippen molar-refractivity contribution in [3.8, 4) is 0 Å². The molecule has 0 aromatic carbocycles. The molecule has 37 heavy (non-hydrogen) atoms. The van der Waals surface area contributed by atoms with Crippen LogP contribution in [0.1, 0.15) is 121 Å². The van der Waals surface area contributed by atoms with E-state index in [0.29, 0.717) is 43.9 Å². The Balaban J connectivity index is 0. The lowest BCUT2D eigenvalue weighted by Gasteiger charge is -2.30. The molecule has 3 fully saturated rings. The van der Waals surface area contributed by atoms with Crippen molar-refractivity contribution >= 4 is 17.7 Å². The number of nitrogens with one attached hydrogen (secondary N) is 1. The Labute approximate surface area is 229 Å². The van der Waals surface area contributed by atoms with Crippen LogP contribution in [0.3, 0.4) is 0 Å². The molecular weight excluding hydrogens is 466 g/mol. The van der Waals surface area contributed by atoms with Crippen LogP contribution >= 0.6 is 0 Å². The third kappa shape index (κ3) is 13.2. The molecular formula is C30H61N3O4. The van der Waals surface area contributed by atoms with Crippen LogP contribution < -0.4 is 5.32 Å². The van der Waals surface area contributed by atoms with Crippen molar-refractivity contribution in [3.05, 3.63) is 0 Å². The maximum absolute atomic E-state index is 12.1. The van der Waals surface area contributed by atoms with Gasteiger partial charge in [-0.25, -0.2) is 0 Å². The molecule has 2 heterocycles. The second kappa shape index (κ2) is 21.5. The highest BCUT2D eigenvalue weighted by Gasteiger charge is 2.37. The Morgan fingerprint density at radius 2 is 1.57 bits per heavy atom. The van der Waals surface area contributed by atoms with E-state index in [1.165, 1.54) is 11.3 Å². The van der Waals surface area contributed by atoms with Gasteiger partial charge in [0.05, 0.1) is 13.3 Å². The molecule has 7 nitrogen and oxygen atoms in total. The number of rotatable bonds is 12. The van der Waals surface area contributed by atoms with Gasteiger partial charge in [-0.1, -0.05) is 48.5 Å². The number of carbonyl (C=O) groups excluding carboxylic acids is 3. The van der Waals surface area contributed by atoms with E-state index in [0.717, 1.165) is 84.0 Å². The summed E-state index contributed by atoms with van der Waals surface area (Å²) < 4.78 is 5.82. The summed E-state index contributed by atoms with van der Waals surface area (Å²) in [6, 6.07) is 0. The SMILES string of the molecule is C.CC.CC.CC1CC(=O)N(CC2CCC(COCNCCCCCC(=O)N3CCCCC3)CC2)C1=O.[HH]. The molecule has 1 saturated carbocycles. The number of amides is 3. The molecule has 0 aromatic heterocycles. The van der Waals surface area contributed by atoms with E-state index in [1.54, 1.807) is 0 Å². The molecule has 0 aromatic rings. The Hall–Kier alpha value is -1.47. The second-order valence-electron chi connectivity index (χ2n) is 10.1. The topological polar surface area (TPSA) is 79.0 Å². The molecule has 2 aliphatic heterocycles. The monoisotopic (exact) mass is 527 g/mol. The first-order valence-corrected chi connectivity index (χ1v) is 14.9. The van der Waals surface area contributed by atoms with Gasteiger partial charge in [0, 0.05) is 39.8 Å². The zero-order valence-electron chi connectivity index (χ0n) is 24.0. The average molecular weight is 528 g/mol. The molecule has 1 atom stereocenters. The third-order valence-corrected chi connectivity index (χ3v) is 7.39. The van der Waals surface area contributed by atoms with Gasteiger partial charge >= 0.3 is 0 Å². The lowest BCUT2D eigenvalue weighted by atomic mass is 9.82. The van der Waals surface area contributed by atoms with E-state index < -0.39 is 0 Å². The highest BCUT2D eigenvalue weighted by molar-refractivity contribution is 6.03. The number of likely N-dealkylation sites (tertiary alicyclic amines) is 2. The van der Waals surface area contributed by atoms with E-state index >= 15 is 0 Å². The van der Waals surface area contributed by atoms with E-state index in [1.807, 2.05) is 39.5 Å². The summed E-state index contributed by atoms with van der Waals surface area (Å²) in [6.07, 6.45) is 12.2. The predicted molar refractivity (Wildman–Crippen MR) is 155 cm³/mol. The molecule has 1 unspecified atom stereocenters. The molecule has 0 radical (unpaired) electrons. The quantitative estimate of drug-likeness (QED) is 0.184. The summed E-state index contributed by atoms with van der Waals surface area (Å²) in [4.78, 5) is 39.7. The van der Waals surface area contributed by atoms with Gasteiger partial charge in [-0.3, -0.25) is 24.6 Å². The molecule has 3 amide bonds. The van der Waals surface area contributed by atoms with Crippen molar-refractivity contribution in [1.82, 2.24) is 15.1 Å². The first kappa shape index (κ1) is 35.5. The van der Waals surface area contributed by atoms with Crippen molar-refractivity contribution in [2.45, 2.75) is 119 Å². The van der Waals surface area contributed by atoms with Crippen LogP contribution in [0.15, 0.2) is 0 Å². The minimum Gasteiger partial charge on any atom is -0.366 e. The number of carbonyl (C=O) groups is 3. The van der Waals surface area contributed by atoms with Crippen LogP contribution in [0.25, 0.3) is 0 Å². The number of nitrogens with zero attached hydrogens (tertiary/aromatic N) is 2. The maximum Gasteiger partial charge on any atom is 0.232 e. The number of unbranched alkanes of at least 4 members (excludes halogenated alkanes) is 2. The maximum atomic E-state index is 12.1. The fraction of sp³-hybridized carbons (Fsp3) is 0.900. The molecule has 3 rings (SSSR count). The average Bonchev–Trinajstić information content (AvgIpc) is 3.17. The van der Waals surface area contributed by atoms with Crippen molar-refractivity contribution in [3.63, 3.8) is 0 Å². The van der Waals surface area contributed by atoms with Crippen LogP contribution in [0.2, 0.25) is 0 Å². The number of imide groups is 1. The van der Waals surface area contributed by atoms with Crippen molar-refractivity contribution in [1.29, 1.82) is 0 Å². The predicted octanol–water partition coefficient (Wildman–Crippen LogP) is 6.26. The highest BCUT2D eigenvalue weighted by atomic mass is 16.5. The summed E-state index contributed by atoms with van der Waals surface area (Å²) >= 11 is 0.